The van der Waals surface area contributed by atoms with Crippen molar-refractivity contribution in [2.45, 2.75) is 0 Å². The molecule has 0 aliphatic carbocycles. The summed E-state index contributed by atoms with van der Waals surface area (Å²) in [6.07, 6.45) is 0. The van der Waals surface area contributed by atoms with Crippen LogP contribution in [-0.2, 0) is 0 Å². The van der Waals surface area contributed by atoms with Gasteiger partial charge in [-0.2, -0.15) is 0 Å². The number of rotatable bonds is 1. The molecule has 0 amide bonds. The van der Waals surface area contributed by atoms with E-state index in [4.69, 9.17) is 5.84 Å². The Bertz CT molecular complexity index is 442. The van der Waals surface area contributed by atoms with Crippen molar-refractivity contribution in [3.63, 3.8) is 0 Å². The Hall–Kier alpha value is -1.68. The smallest absolute Gasteiger partial charge is 0.140 e. The van der Waals surface area contributed by atoms with Gasteiger partial charge in [0, 0.05) is 11.5 Å². The minimum atomic E-state index is -0.297. The number of nitrogens with one attached hydrogen (secondary N) is 1. The van der Waals surface area contributed by atoms with Gasteiger partial charge in [-0.25, -0.2) is 15.2 Å². The molecule has 2 aromatic rings. The van der Waals surface area contributed by atoms with E-state index in [2.05, 4.69) is 10.4 Å². The van der Waals surface area contributed by atoms with Crippen LogP contribution in [0.4, 0.5) is 10.2 Å². The normalized spacial score (nSPS) is 10.3. The first-order chi connectivity index (χ1) is 6.29. The standard InChI is InChI=1S/C9H8FN3/c10-7-3-1-6-2-4-9(13-11)12-8(6)5-7/h1-5H,11H2,(H,12,13). The van der Waals surface area contributed by atoms with Crippen LogP contribution in [0.25, 0.3) is 10.9 Å². The summed E-state index contributed by atoms with van der Waals surface area (Å²) in [5, 5.41) is 0.889. The van der Waals surface area contributed by atoms with Gasteiger partial charge in [-0.3, -0.25) is 0 Å². The van der Waals surface area contributed by atoms with E-state index in [0.717, 1.165) is 5.39 Å². The molecule has 13 heavy (non-hydrogen) atoms. The summed E-state index contributed by atoms with van der Waals surface area (Å²) in [7, 11) is 0. The number of benzene rings is 1. The first kappa shape index (κ1) is 7.94. The van der Waals surface area contributed by atoms with Crippen LogP contribution in [0, 0.1) is 5.82 Å². The summed E-state index contributed by atoms with van der Waals surface area (Å²) >= 11 is 0. The molecule has 1 aromatic carbocycles. The Balaban J connectivity index is 2.68. The largest absolute Gasteiger partial charge is 0.308 e. The lowest BCUT2D eigenvalue weighted by Gasteiger charge is -2.00. The minimum absolute atomic E-state index is 0.297. The average Bonchev–Trinajstić information content (AvgIpc) is 2.16. The first-order valence-corrected chi connectivity index (χ1v) is 3.82. The van der Waals surface area contributed by atoms with Gasteiger partial charge < -0.3 is 5.43 Å². The highest BCUT2D eigenvalue weighted by molar-refractivity contribution is 5.80. The van der Waals surface area contributed by atoms with Crippen molar-refractivity contribution in [3.05, 3.63) is 36.1 Å². The number of aromatic nitrogens is 1. The Labute approximate surface area is 74.4 Å². The Morgan fingerprint density at radius 1 is 1.23 bits per heavy atom. The molecule has 1 heterocycles. The summed E-state index contributed by atoms with van der Waals surface area (Å²) in [4.78, 5) is 4.08. The second-order valence-electron chi connectivity index (χ2n) is 2.68. The fourth-order valence-corrected chi connectivity index (χ4v) is 1.17. The molecule has 2 rings (SSSR count). The van der Waals surface area contributed by atoms with Gasteiger partial charge in [-0.05, 0) is 24.3 Å². The molecule has 0 fully saturated rings. The maximum atomic E-state index is 12.8. The maximum Gasteiger partial charge on any atom is 0.140 e. The molecule has 1 aromatic heterocycles. The number of hydrogen-bond acceptors (Lipinski definition) is 3. The van der Waals surface area contributed by atoms with Crippen LogP contribution in [0.3, 0.4) is 0 Å². The highest BCUT2D eigenvalue weighted by atomic mass is 19.1. The molecule has 0 spiro atoms. The number of pyridine rings is 1. The molecule has 3 nitrogen and oxygen atoms in total. The molecule has 0 unspecified atom stereocenters. The van der Waals surface area contributed by atoms with E-state index in [1.165, 1.54) is 12.1 Å². The predicted molar refractivity (Wildman–Crippen MR) is 49.5 cm³/mol. The molecule has 0 atom stereocenters. The number of hydrazine groups is 1. The quantitative estimate of drug-likeness (QED) is 0.514. The Morgan fingerprint density at radius 3 is 2.77 bits per heavy atom. The highest BCUT2D eigenvalue weighted by Crippen LogP contribution is 2.15. The Kier molecular flexibility index (Phi) is 1.83. The van der Waals surface area contributed by atoms with E-state index in [1.54, 1.807) is 12.1 Å². The third kappa shape index (κ3) is 1.43. The van der Waals surface area contributed by atoms with E-state index < -0.39 is 0 Å². The molecule has 0 saturated carbocycles. The minimum Gasteiger partial charge on any atom is -0.308 e. The van der Waals surface area contributed by atoms with E-state index in [1.807, 2.05) is 6.07 Å². The highest BCUT2D eigenvalue weighted by Gasteiger charge is 1.97. The molecule has 3 N–H and O–H groups in total. The summed E-state index contributed by atoms with van der Waals surface area (Å²) in [6, 6.07) is 8.02. The van der Waals surface area contributed by atoms with Crippen molar-refractivity contribution in [2.75, 3.05) is 5.43 Å². The average molecular weight is 177 g/mol. The molecule has 0 aliphatic rings. The van der Waals surface area contributed by atoms with Crippen molar-refractivity contribution in [1.29, 1.82) is 0 Å². The lowest BCUT2D eigenvalue weighted by Crippen LogP contribution is -2.08. The van der Waals surface area contributed by atoms with Crippen molar-refractivity contribution >= 4 is 16.7 Å². The van der Waals surface area contributed by atoms with E-state index >= 15 is 0 Å². The number of hydrogen-bond donors (Lipinski definition) is 2. The predicted octanol–water partition coefficient (Wildman–Crippen LogP) is 1.66. The van der Waals surface area contributed by atoms with Crippen LogP contribution < -0.4 is 11.3 Å². The zero-order chi connectivity index (χ0) is 9.26. The summed E-state index contributed by atoms with van der Waals surface area (Å²) < 4.78 is 12.8. The van der Waals surface area contributed by atoms with Gasteiger partial charge in [0.25, 0.3) is 0 Å². The topological polar surface area (TPSA) is 50.9 Å². The van der Waals surface area contributed by atoms with Crippen LogP contribution >= 0.6 is 0 Å². The maximum absolute atomic E-state index is 12.8. The SMILES string of the molecule is NNc1ccc2ccc(F)cc2n1. The van der Waals surface area contributed by atoms with E-state index in [9.17, 15) is 4.39 Å². The molecular formula is C9H8FN3. The van der Waals surface area contributed by atoms with Gasteiger partial charge in [0.2, 0.25) is 0 Å². The van der Waals surface area contributed by atoms with Gasteiger partial charge in [0.1, 0.15) is 11.6 Å². The third-order valence-corrected chi connectivity index (χ3v) is 1.80. The molecule has 0 saturated heterocycles. The number of anilines is 1. The van der Waals surface area contributed by atoms with Crippen LogP contribution in [0.2, 0.25) is 0 Å². The Morgan fingerprint density at radius 2 is 2.00 bits per heavy atom. The number of nitrogens with zero attached hydrogens (tertiary/aromatic N) is 1. The molecule has 66 valence electrons. The first-order valence-electron chi connectivity index (χ1n) is 3.82. The monoisotopic (exact) mass is 177 g/mol. The molecule has 4 heteroatoms. The summed E-state index contributed by atoms with van der Waals surface area (Å²) in [5.41, 5.74) is 3.00. The number of fused-ring (bicyclic) bond motifs is 1. The van der Waals surface area contributed by atoms with E-state index in [-0.39, 0.29) is 5.82 Å². The summed E-state index contributed by atoms with van der Waals surface area (Å²) in [6.45, 7) is 0. The summed E-state index contributed by atoms with van der Waals surface area (Å²) in [5.74, 6) is 5.40. The van der Waals surface area contributed by atoms with Gasteiger partial charge in [0.05, 0.1) is 5.52 Å². The van der Waals surface area contributed by atoms with Crippen LogP contribution in [0.5, 0.6) is 0 Å². The zero-order valence-corrected chi connectivity index (χ0v) is 6.79. The van der Waals surface area contributed by atoms with E-state index in [0.29, 0.717) is 11.3 Å². The van der Waals surface area contributed by atoms with Crippen LogP contribution in [-0.4, -0.2) is 4.98 Å². The van der Waals surface area contributed by atoms with Gasteiger partial charge in [0.15, 0.2) is 0 Å². The second-order valence-corrected chi connectivity index (χ2v) is 2.68. The van der Waals surface area contributed by atoms with Crippen molar-refractivity contribution in [1.82, 2.24) is 4.98 Å². The van der Waals surface area contributed by atoms with Crippen molar-refractivity contribution < 1.29 is 4.39 Å². The molecular weight excluding hydrogens is 169 g/mol. The molecule has 0 aliphatic heterocycles. The lowest BCUT2D eigenvalue weighted by molar-refractivity contribution is 0.629. The molecule has 0 radical (unpaired) electrons. The van der Waals surface area contributed by atoms with Gasteiger partial charge in [-0.1, -0.05) is 0 Å². The van der Waals surface area contributed by atoms with Crippen LogP contribution in [0.15, 0.2) is 30.3 Å². The number of nitrogens with two attached hydrogens (primary N) is 1. The zero-order valence-electron chi connectivity index (χ0n) is 6.79. The number of halogens is 1. The lowest BCUT2D eigenvalue weighted by atomic mass is 10.2. The van der Waals surface area contributed by atoms with Crippen molar-refractivity contribution in [2.24, 2.45) is 5.84 Å². The third-order valence-electron chi connectivity index (χ3n) is 1.80. The molecule has 0 bridgehead atoms. The van der Waals surface area contributed by atoms with Crippen molar-refractivity contribution in [3.8, 4) is 0 Å². The number of nitrogen functional groups attached to an aromatic ring is 1. The van der Waals surface area contributed by atoms with Crippen LogP contribution in [0.1, 0.15) is 0 Å². The van der Waals surface area contributed by atoms with Gasteiger partial charge in [-0.15, -0.1) is 0 Å². The van der Waals surface area contributed by atoms with Gasteiger partial charge >= 0.3 is 0 Å². The fraction of sp³-hybridized carbons (Fsp3) is 0. The fourth-order valence-electron chi connectivity index (χ4n) is 1.17. The second kappa shape index (κ2) is 2.99.